The second kappa shape index (κ2) is 8.72. The van der Waals surface area contributed by atoms with Gasteiger partial charge in [-0.1, -0.05) is 13.8 Å². The lowest BCUT2D eigenvalue weighted by molar-refractivity contribution is 0.382. The highest BCUT2D eigenvalue weighted by atomic mass is 79.9. The lowest BCUT2D eigenvalue weighted by atomic mass is 10.1. The van der Waals surface area contributed by atoms with Crippen molar-refractivity contribution in [3.8, 4) is 11.5 Å². The van der Waals surface area contributed by atoms with Gasteiger partial charge >= 0.3 is 0 Å². The minimum absolute atomic E-state index is 0.284. The van der Waals surface area contributed by atoms with Crippen molar-refractivity contribution in [1.29, 1.82) is 0 Å². The van der Waals surface area contributed by atoms with Crippen molar-refractivity contribution in [2.75, 3.05) is 32.3 Å². The summed E-state index contributed by atoms with van der Waals surface area (Å²) in [4.78, 5) is 0. The van der Waals surface area contributed by atoms with E-state index in [-0.39, 0.29) is 6.04 Å². The molecule has 108 valence electrons. The molecular weight excluding hydrogens is 326 g/mol. The standard InChI is InChI=1S/C14H22BrNO2S/c1-5-16-11(9-19-6-2)10-7-8-12(17-3)13(15)14(10)18-4/h7-8,11,16H,5-6,9H2,1-4H3. The molecule has 19 heavy (non-hydrogen) atoms. The van der Waals surface area contributed by atoms with Crippen molar-refractivity contribution in [2.45, 2.75) is 19.9 Å². The van der Waals surface area contributed by atoms with E-state index in [0.717, 1.165) is 39.6 Å². The second-order valence-electron chi connectivity index (χ2n) is 3.97. The number of thioether (sulfide) groups is 1. The number of benzene rings is 1. The fraction of sp³-hybridized carbons (Fsp3) is 0.571. The topological polar surface area (TPSA) is 30.5 Å². The molecule has 1 atom stereocenters. The molecule has 1 N–H and O–H groups in total. The highest BCUT2D eigenvalue weighted by molar-refractivity contribution is 9.10. The molecule has 0 fully saturated rings. The number of hydrogen-bond acceptors (Lipinski definition) is 4. The molecule has 1 unspecified atom stereocenters. The van der Waals surface area contributed by atoms with Gasteiger partial charge in [0.15, 0.2) is 0 Å². The van der Waals surface area contributed by atoms with Crippen LogP contribution in [0.25, 0.3) is 0 Å². The third kappa shape index (κ3) is 4.29. The Morgan fingerprint density at radius 1 is 1.26 bits per heavy atom. The van der Waals surface area contributed by atoms with Gasteiger partial charge in [0.05, 0.1) is 14.2 Å². The highest BCUT2D eigenvalue weighted by Gasteiger charge is 2.19. The van der Waals surface area contributed by atoms with Crippen LogP contribution < -0.4 is 14.8 Å². The van der Waals surface area contributed by atoms with Crippen LogP contribution in [-0.4, -0.2) is 32.3 Å². The van der Waals surface area contributed by atoms with E-state index < -0.39 is 0 Å². The van der Waals surface area contributed by atoms with Gasteiger partial charge in [-0.25, -0.2) is 0 Å². The average Bonchev–Trinajstić information content (AvgIpc) is 2.43. The molecular formula is C14H22BrNO2S. The SMILES string of the molecule is CCNC(CSCC)c1ccc(OC)c(Br)c1OC. The molecule has 5 heteroatoms. The normalized spacial score (nSPS) is 12.3. The van der Waals surface area contributed by atoms with E-state index in [1.165, 1.54) is 0 Å². The molecule has 0 saturated carbocycles. The molecule has 0 aliphatic rings. The molecule has 0 aliphatic carbocycles. The minimum Gasteiger partial charge on any atom is -0.495 e. The lowest BCUT2D eigenvalue weighted by Crippen LogP contribution is -2.23. The molecule has 0 radical (unpaired) electrons. The monoisotopic (exact) mass is 347 g/mol. The van der Waals surface area contributed by atoms with E-state index >= 15 is 0 Å². The van der Waals surface area contributed by atoms with Crippen LogP contribution in [0.3, 0.4) is 0 Å². The summed E-state index contributed by atoms with van der Waals surface area (Å²) in [6, 6.07) is 4.33. The summed E-state index contributed by atoms with van der Waals surface area (Å²) in [5, 5.41) is 3.51. The summed E-state index contributed by atoms with van der Waals surface area (Å²) in [6.45, 7) is 5.23. The van der Waals surface area contributed by atoms with Crippen molar-refractivity contribution in [1.82, 2.24) is 5.32 Å². The number of nitrogens with one attached hydrogen (secondary N) is 1. The van der Waals surface area contributed by atoms with Gasteiger partial charge in [0.25, 0.3) is 0 Å². The fourth-order valence-corrected chi connectivity index (χ4v) is 3.39. The first-order valence-electron chi connectivity index (χ1n) is 6.41. The molecule has 0 heterocycles. The van der Waals surface area contributed by atoms with E-state index in [0.29, 0.717) is 0 Å². The van der Waals surface area contributed by atoms with Gasteiger partial charge in [-0.3, -0.25) is 0 Å². The maximum absolute atomic E-state index is 5.55. The van der Waals surface area contributed by atoms with Gasteiger partial charge in [0.1, 0.15) is 16.0 Å². The van der Waals surface area contributed by atoms with Crippen molar-refractivity contribution >= 4 is 27.7 Å². The number of ether oxygens (including phenoxy) is 2. The molecule has 0 spiro atoms. The summed E-state index contributed by atoms with van der Waals surface area (Å²) < 4.78 is 11.7. The Labute approximate surface area is 128 Å². The number of halogens is 1. The first-order valence-corrected chi connectivity index (χ1v) is 8.35. The Bertz CT molecular complexity index is 401. The van der Waals surface area contributed by atoms with Crippen molar-refractivity contribution < 1.29 is 9.47 Å². The van der Waals surface area contributed by atoms with Crippen LogP contribution >= 0.6 is 27.7 Å². The smallest absolute Gasteiger partial charge is 0.141 e. The van der Waals surface area contributed by atoms with E-state index in [2.05, 4.69) is 41.2 Å². The largest absolute Gasteiger partial charge is 0.495 e. The predicted octanol–water partition coefficient (Wildman–Crippen LogP) is 3.87. The van der Waals surface area contributed by atoms with Crippen LogP contribution in [0, 0.1) is 0 Å². The first kappa shape index (κ1) is 16.7. The summed E-state index contributed by atoms with van der Waals surface area (Å²) in [5.41, 5.74) is 1.16. The third-order valence-electron chi connectivity index (χ3n) is 2.83. The van der Waals surface area contributed by atoms with Crippen LogP contribution in [0.15, 0.2) is 16.6 Å². The molecule has 0 saturated heterocycles. The molecule has 3 nitrogen and oxygen atoms in total. The quantitative estimate of drug-likeness (QED) is 0.773. The van der Waals surface area contributed by atoms with E-state index in [9.17, 15) is 0 Å². The third-order valence-corrected chi connectivity index (χ3v) is 4.56. The number of rotatable bonds is 8. The Balaban J connectivity index is 3.10. The first-order chi connectivity index (χ1) is 9.19. The molecule has 1 aromatic carbocycles. The van der Waals surface area contributed by atoms with Gasteiger partial charge in [-0.15, -0.1) is 0 Å². The zero-order valence-corrected chi connectivity index (χ0v) is 14.4. The van der Waals surface area contributed by atoms with Gasteiger partial charge < -0.3 is 14.8 Å². The van der Waals surface area contributed by atoms with E-state index in [4.69, 9.17) is 9.47 Å². The minimum atomic E-state index is 0.284. The fourth-order valence-electron chi connectivity index (χ4n) is 1.93. The summed E-state index contributed by atoms with van der Waals surface area (Å²) in [5.74, 6) is 3.78. The molecule has 0 aliphatic heterocycles. The second-order valence-corrected chi connectivity index (χ2v) is 6.09. The highest BCUT2D eigenvalue weighted by Crippen LogP contribution is 2.40. The van der Waals surface area contributed by atoms with Crippen molar-refractivity contribution in [3.63, 3.8) is 0 Å². The Morgan fingerprint density at radius 2 is 2.00 bits per heavy atom. The van der Waals surface area contributed by atoms with E-state index in [1.807, 2.05) is 17.8 Å². The number of hydrogen-bond donors (Lipinski definition) is 1. The van der Waals surface area contributed by atoms with Crippen LogP contribution in [0.4, 0.5) is 0 Å². The Hall–Kier alpha value is -0.390. The molecule has 0 aromatic heterocycles. The van der Waals surface area contributed by atoms with Crippen LogP contribution in [-0.2, 0) is 0 Å². The van der Waals surface area contributed by atoms with Gasteiger partial charge in [-0.2, -0.15) is 11.8 Å². The molecule has 0 bridgehead atoms. The summed E-state index contributed by atoms with van der Waals surface area (Å²) >= 11 is 5.48. The lowest BCUT2D eigenvalue weighted by Gasteiger charge is -2.22. The zero-order chi connectivity index (χ0) is 14.3. The van der Waals surface area contributed by atoms with Crippen molar-refractivity contribution in [2.24, 2.45) is 0 Å². The van der Waals surface area contributed by atoms with Crippen LogP contribution in [0.1, 0.15) is 25.5 Å². The maximum Gasteiger partial charge on any atom is 0.141 e. The van der Waals surface area contributed by atoms with Gasteiger partial charge in [0.2, 0.25) is 0 Å². The maximum atomic E-state index is 5.55. The molecule has 1 aromatic rings. The van der Waals surface area contributed by atoms with E-state index in [1.54, 1.807) is 14.2 Å². The molecule has 1 rings (SSSR count). The zero-order valence-electron chi connectivity index (χ0n) is 12.0. The summed E-state index contributed by atoms with van der Waals surface area (Å²) in [7, 11) is 3.35. The summed E-state index contributed by atoms with van der Waals surface area (Å²) in [6.07, 6.45) is 0. The number of methoxy groups -OCH3 is 2. The van der Waals surface area contributed by atoms with Crippen LogP contribution in [0.5, 0.6) is 11.5 Å². The molecule has 0 amide bonds. The van der Waals surface area contributed by atoms with Gasteiger partial charge in [-0.05, 0) is 40.4 Å². The van der Waals surface area contributed by atoms with Crippen LogP contribution in [0.2, 0.25) is 0 Å². The Morgan fingerprint density at radius 3 is 2.53 bits per heavy atom. The van der Waals surface area contributed by atoms with Gasteiger partial charge in [0, 0.05) is 17.4 Å². The van der Waals surface area contributed by atoms with Crippen molar-refractivity contribution in [3.05, 3.63) is 22.2 Å². The predicted molar refractivity (Wildman–Crippen MR) is 86.7 cm³/mol. The average molecular weight is 348 g/mol. The Kier molecular flexibility index (Phi) is 7.64.